The molecule has 0 N–H and O–H groups in total. The van der Waals surface area contributed by atoms with E-state index in [2.05, 4.69) is 14.3 Å². The second kappa shape index (κ2) is 5.37. The predicted molar refractivity (Wildman–Crippen MR) is 67.8 cm³/mol. The summed E-state index contributed by atoms with van der Waals surface area (Å²) in [7, 11) is 0. The molecular weight excluding hydrogens is 254 g/mol. The van der Waals surface area contributed by atoms with Gasteiger partial charge in [-0.2, -0.15) is 4.37 Å². The minimum Gasteiger partial charge on any atom is -0.298 e. The van der Waals surface area contributed by atoms with E-state index in [1.807, 2.05) is 19.9 Å². The van der Waals surface area contributed by atoms with E-state index in [-0.39, 0.29) is 0 Å². The number of nitrogens with zero attached hydrogens (tertiary/aromatic N) is 3. The quantitative estimate of drug-likeness (QED) is 0.796. The first-order valence-corrected chi connectivity index (χ1v) is 6.74. The van der Waals surface area contributed by atoms with E-state index in [1.54, 1.807) is 6.20 Å². The van der Waals surface area contributed by atoms with Crippen LogP contribution >= 0.6 is 23.3 Å². The van der Waals surface area contributed by atoms with E-state index >= 15 is 0 Å². The highest BCUT2D eigenvalue weighted by Gasteiger charge is 2.08. The highest BCUT2D eigenvalue weighted by atomic mass is 32.2. The summed E-state index contributed by atoms with van der Waals surface area (Å²) in [6.45, 7) is 3.96. The van der Waals surface area contributed by atoms with Gasteiger partial charge in [0.15, 0.2) is 10.6 Å². The molecule has 0 atom stereocenters. The molecule has 0 bridgehead atoms. The summed E-state index contributed by atoms with van der Waals surface area (Å²) >= 11 is 2.87. The molecule has 4 nitrogen and oxygen atoms in total. The number of rotatable bonds is 4. The normalized spacial score (nSPS) is 10.5. The second-order valence-corrected chi connectivity index (χ2v) is 5.43. The highest BCUT2D eigenvalue weighted by Crippen LogP contribution is 2.29. The molecule has 0 aliphatic heterocycles. The summed E-state index contributed by atoms with van der Waals surface area (Å²) in [6.07, 6.45) is 3.21. The van der Waals surface area contributed by atoms with Gasteiger partial charge in [0, 0.05) is 18.2 Å². The average molecular weight is 265 g/mol. The Kier molecular flexibility index (Phi) is 3.86. The van der Waals surface area contributed by atoms with Crippen LogP contribution in [0.2, 0.25) is 0 Å². The molecule has 0 amide bonds. The van der Waals surface area contributed by atoms with Crippen molar-refractivity contribution >= 4 is 29.6 Å². The van der Waals surface area contributed by atoms with Crippen molar-refractivity contribution in [2.24, 2.45) is 0 Å². The number of aromatic nitrogens is 3. The second-order valence-electron chi connectivity index (χ2n) is 3.44. The topological polar surface area (TPSA) is 55.7 Å². The van der Waals surface area contributed by atoms with Gasteiger partial charge in [0.2, 0.25) is 0 Å². The van der Waals surface area contributed by atoms with Gasteiger partial charge in [0.05, 0.1) is 0 Å². The standard InChI is InChI=1S/C11H11N3OS2/c1-3-9-13-11(17-14-9)16-10-7(2)4-8(6-15)5-12-10/h4-6H,3H2,1-2H3. The lowest BCUT2D eigenvalue weighted by Gasteiger charge is -2.01. The van der Waals surface area contributed by atoms with E-state index in [1.165, 1.54) is 23.3 Å². The van der Waals surface area contributed by atoms with E-state index in [4.69, 9.17) is 0 Å². The molecule has 0 saturated heterocycles. The number of carbonyl (C=O) groups excluding carboxylic acids is 1. The number of aryl methyl sites for hydroxylation is 2. The molecule has 0 saturated carbocycles. The van der Waals surface area contributed by atoms with E-state index in [9.17, 15) is 4.79 Å². The van der Waals surface area contributed by atoms with Crippen LogP contribution in [0.5, 0.6) is 0 Å². The zero-order valence-electron chi connectivity index (χ0n) is 9.51. The van der Waals surface area contributed by atoms with Crippen molar-refractivity contribution in [1.82, 2.24) is 14.3 Å². The molecule has 0 aliphatic rings. The smallest absolute Gasteiger partial charge is 0.176 e. The lowest BCUT2D eigenvalue weighted by Crippen LogP contribution is -1.89. The van der Waals surface area contributed by atoms with Gasteiger partial charge in [-0.15, -0.1) is 0 Å². The molecule has 0 aromatic carbocycles. The van der Waals surface area contributed by atoms with E-state index in [0.717, 1.165) is 33.5 Å². The van der Waals surface area contributed by atoms with E-state index in [0.29, 0.717) is 5.56 Å². The molecule has 2 aromatic rings. The molecule has 17 heavy (non-hydrogen) atoms. The van der Waals surface area contributed by atoms with Crippen LogP contribution in [0.3, 0.4) is 0 Å². The molecule has 88 valence electrons. The largest absolute Gasteiger partial charge is 0.298 e. The Morgan fingerprint density at radius 1 is 1.53 bits per heavy atom. The van der Waals surface area contributed by atoms with Crippen molar-refractivity contribution in [3.8, 4) is 0 Å². The molecule has 2 aromatic heterocycles. The van der Waals surface area contributed by atoms with Crippen LogP contribution in [0.4, 0.5) is 0 Å². The maximum absolute atomic E-state index is 10.6. The summed E-state index contributed by atoms with van der Waals surface area (Å²) in [5, 5.41) is 0.870. The molecule has 0 radical (unpaired) electrons. The van der Waals surface area contributed by atoms with Crippen molar-refractivity contribution in [3.63, 3.8) is 0 Å². The fraction of sp³-hybridized carbons (Fsp3) is 0.273. The Bertz CT molecular complexity index is 539. The summed E-state index contributed by atoms with van der Waals surface area (Å²) in [5.41, 5.74) is 1.58. The molecular formula is C11H11N3OS2. The molecule has 0 spiro atoms. The van der Waals surface area contributed by atoms with Gasteiger partial charge >= 0.3 is 0 Å². The first kappa shape index (κ1) is 12.2. The van der Waals surface area contributed by atoms with Gasteiger partial charge in [-0.1, -0.05) is 6.92 Å². The third kappa shape index (κ3) is 2.89. The number of carbonyl (C=O) groups is 1. The fourth-order valence-corrected chi connectivity index (χ4v) is 2.90. The first-order chi connectivity index (χ1) is 8.22. The van der Waals surface area contributed by atoms with Crippen molar-refractivity contribution in [3.05, 3.63) is 29.2 Å². The summed E-state index contributed by atoms with van der Waals surface area (Å²) in [6, 6.07) is 1.82. The Hall–Kier alpha value is -1.27. The lowest BCUT2D eigenvalue weighted by atomic mass is 10.2. The Morgan fingerprint density at radius 2 is 2.35 bits per heavy atom. The zero-order chi connectivity index (χ0) is 12.3. The number of pyridine rings is 1. The Labute approximate surface area is 108 Å². The maximum Gasteiger partial charge on any atom is 0.176 e. The first-order valence-electron chi connectivity index (χ1n) is 5.15. The Morgan fingerprint density at radius 3 is 2.94 bits per heavy atom. The fourth-order valence-electron chi connectivity index (χ4n) is 1.26. The summed E-state index contributed by atoms with van der Waals surface area (Å²) in [5.74, 6) is 0.861. The van der Waals surface area contributed by atoms with Gasteiger partial charge in [-0.25, -0.2) is 9.97 Å². The summed E-state index contributed by atoms with van der Waals surface area (Å²) in [4.78, 5) is 19.2. The third-order valence-electron chi connectivity index (χ3n) is 2.14. The molecule has 6 heteroatoms. The van der Waals surface area contributed by atoms with Gasteiger partial charge in [0.1, 0.15) is 10.9 Å². The van der Waals surface area contributed by atoms with Crippen molar-refractivity contribution < 1.29 is 4.79 Å². The van der Waals surface area contributed by atoms with Crippen molar-refractivity contribution in [2.45, 2.75) is 29.6 Å². The average Bonchev–Trinajstić information content (AvgIpc) is 2.79. The van der Waals surface area contributed by atoms with Crippen LogP contribution in [0.15, 0.2) is 21.6 Å². The number of hydrogen-bond donors (Lipinski definition) is 0. The molecule has 2 heterocycles. The SMILES string of the molecule is CCc1nsc(Sc2ncc(C=O)cc2C)n1. The van der Waals surface area contributed by atoms with Gasteiger partial charge < -0.3 is 0 Å². The molecule has 0 unspecified atom stereocenters. The van der Waals surface area contributed by atoms with Gasteiger partial charge in [-0.3, -0.25) is 4.79 Å². The van der Waals surface area contributed by atoms with Gasteiger partial charge in [0.25, 0.3) is 0 Å². The van der Waals surface area contributed by atoms with Gasteiger partial charge in [-0.05, 0) is 41.8 Å². The summed E-state index contributed by atoms with van der Waals surface area (Å²) < 4.78 is 5.11. The maximum atomic E-state index is 10.6. The minimum absolute atomic E-state index is 0.596. The Balaban J connectivity index is 2.20. The molecule has 2 rings (SSSR count). The highest BCUT2D eigenvalue weighted by molar-refractivity contribution is 8.00. The van der Waals surface area contributed by atoms with Crippen LogP contribution in [-0.4, -0.2) is 20.6 Å². The van der Waals surface area contributed by atoms with Crippen LogP contribution in [0.25, 0.3) is 0 Å². The van der Waals surface area contributed by atoms with Crippen LogP contribution < -0.4 is 0 Å². The monoisotopic (exact) mass is 265 g/mol. The number of hydrogen-bond acceptors (Lipinski definition) is 6. The lowest BCUT2D eigenvalue weighted by molar-refractivity contribution is 0.112. The third-order valence-corrected chi connectivity index (χ3v) is 4.05. The van der Waals surface area contributed by atoms with Crippen molar-refractivity contribution in [2.75, 3.05) is 0 Å². The predicted octanol–water partition coefficient (Wildman–Crippen LogP) is 2.77. The minimum atomic E-state index is 0.596. The number of aldehydes is 1. The zero-order valence-corrected chi connectivity index (χ0v) is 11.1. The van der Waals surface area contributed by atoms with Crippen LogP contribution in [0.1, 0.15) is 28.7 Å². The molecule has 0 fully saturated rings. The van der Waals surface area contributed by atoms with Crippen molar-refractivity contribution in [1.29, 1.82) is 0 Å². The van der Waals surface area contributed by atoms with E-state index < -0.39 is 0 Å². The van der Waals surface area contributed by atoms with Crippen LogP contribution in [-0.2, 0) is 6.42 Å². The van der Waals surface area contributed by atoms with Crippen LogP contribution in [0, 0.1) is 6.92 Å². The molecule has 0 aliphatic carbocycles.